The summed E-state index contributed by atoms with van der Waals surface area (Å²) < 4.78 is 10.7. The smallest absolute Gasteiger partial charge is 0.161 e. The van der Waals surface area contributed by atoms with Crippen LogP contribution < -0.4 is 14.8 Å². The third-order valence-corrected chi connectivity index (χ3v) is 2.63. The van der Waals surface area contributed by atoms with E-state index in [1.807, 2.05) is 18.2 Å². The summed E-state index contributed by atoms with van der Waals surface area (Å²) in [6, 6.07) is 5.69. The van der Waals surface area contributed by atoms with Crippen LogP contribution in [-0.4, -0.2) is 43.2 Å². The summed E-state index contributed by atoms with van der Waals surface area (Å²) in [7, 11) is 1.57. The van der Waals surface area contributed by atoms with Gasteiger partial charge in [0.25, 0.3) is 0 Å². The highest BCUT2D eigenvalue weighted by atomic mass is 16.5. The van der Waals surface area contributed by atoms with Crippen molar-refractivity contribution in [1.82, 2.24) is 5.32 Å². The van der Waals surface area contributed by atoms with Crippen molar-refractivity contribution in [2.45, 2.75) is 26.0 Å². The molecule has 19 heavy (non-hydrogen) atoms. The number of hydrogen-bond donors (Lipinski definition) is 3. The van der Waals surface area contributed by atoms with Crippen LogP contribution in [0.1, 0.15) is 18.9 Å². The van der Waals surface area contributed by atoms with Gasteiger partial charge in [0.1, 0.15) is 12.7 Å². The van der Waals surface area contributed by atoms with Crippen LogP contribution in [-0.2, 0) is 6.54 Å². The number of nitrogens with one attached hydrogen (secondary N) is 1. The van der Waals surface area contributed by atoms with Crippen molar-refractivity contribution in [3.05, 3.63) is 23.8 Å². The third-order valence-electron chi connectivity index (χ3n) is 2.63. The van der Waals surface area contributed by atoms with Gasteiger partial charge in [-0.15, -0.1) is 0 Å². The maximum atomic E-state index is 9.30. The van der Waals surface area contributed by atoms with E-state index in [-0.39, 0.29) is 13.2 Å². The van der Waals surface area contributed by atoms with Gasteiger partial charge < -0.3 is 25.0 Å². The highest BCUT2D eigenvalue weighted by Gasteiger charge is 2.09. The van der Waals surface area contributed by atoms with Gasteiger partial charge in [0.2, 0.25) is 0 Å². The molecular formula is C14H23NO4. The van der Waals surface area contributed by atoms with Gasteiger partial charge >= 0.3 is 0 Å². The lowest BCUT2D eigenvalue weighted by Gasteiger charge is -2.14. The van der Waals surface area contributed by atoms with E-state index in [9.17, 15) is 5.11 Å². The van der Waals surface area contributed by atoms with E-state index < -0.39 is 6.10 Å². The number of aliphatic hydroxyl groups is 2. The molecule has 0 heterocycles. The predicted molar refractivity (Wildman–Crippen MR) is 73.6 cm³/mol. The molecule has 1 atom stereocenters. The number of benzene rings is 1. The van der Waals surface area contributed by atoms with E-state index in [4.69, 9.17) is 14.6 Å². The molecule has 0 aliphatic heterocycles. The van der Waals surface area contributed by atoms with Gasteiger partial charge in [-0.2, -0.15) is 0 Å². The van der Waals surface area contributed by atoms with E-state index in [1.54, 1.807) is 7.11 Å². The van der Waals surface area contributed by atoms with Crippen molar-refractivity contribution in [2.24, 2.45) is 0 Å². The van der Waals surface area contributed by atoms with E-state index in [0.717, 1.165) is 25.1 Å². The first kappa shape index (κ1) is 15.8. The molecule has 1 aromatic carbocycles. The Hall–Kier alpha value is -1.30. The third kappa shape index (κ3) is 5.46. The summed E-state index contributed by atoms with van der Waals surface area (Å²) in [4.78, 5) is 0. The number of rotatable bonds is 9. The van der Waals surface area contributed by atoms with Crippen molar-refractivity contribution < 1.29 is 19.7 Å². The largest absolute Gasteiger partial charge is 0.493 e. The molecule has 108 valence electrons. The molecule has 0 spiro atoms. The lowest BCUT2D eigenvalue weighted by molar-refractivity contribution is 0.0527. The topological polar surface area (TPSA) is 71.0 Å². The van der Waals surface area contributed by atoms with Crippen LogP contribution in [0.3, 0.4) is 0 Å². The molecule has 0 radical (unpaired) electrons. The normalized spacial score (nSPS) is 12.2. The molecule has 1 aromatic rings. The summed E-state index contributed by atoms with van der Waals surface area (Å²) in [6.07, 6.45) is 0.203. The minimum absolute atomic E-state index is 0.0404. The second kappa shape index (κ2) is 8.74. The van der Waals surface area contributed by atoms with Gasteiger partial charge in [0, 0.05) is 6.54 Å². The molecule has 5 nitrogen and oxygen atoms in total. The molecule has 1 rings (SSSR count). The number of aliphatic hydroxyl groups excluding tert-OH is 2. The lowest BCUT2D eigenvalue weighted by Crippen LogP contribution is -2.21. The first-order valence-corrected chi connectivity index (χ1v) is 6.50. The second-order valence-electron chi connectivity index (χ2n) is 4.31. The fourth-order valence-electron chi connectivity index (χ4n) is 1.59. The van der Waals surface area contributed by atoms with Crippen molar-refractivity contribution in [1.29, 1.82) is 0 Å². The average molecular weight is 269 g/mol. The lowest BCUT2D eigenvalue weighted by atomic mass is 10.2. The first-order valence-electron chi connectivity index (χ1n) is 6.50. The Morgan fingerprint density at radius 1 is 1.32 bits per heavy atom. The van der Waals surface area contributed by atoms with Crippen LogP contribution in [0.4, 0.5) is 0 Å². The quantitative estimate of drug-likeness (QED) is 0.582. The van der Waals surface area contributed by atoms with Gasteiger partial charge in [0.15, 0.2) is 11.5 Å². The van der Waals surface area contributed by atoms with Crippen molar-refractivity contribution in [3.63, 3.8) is 0 Å². The molecule has 0 saturated carbocycles. The molecule has 0 saturated heterocycles. The Morgan fingerprint density at radius 3 is 2.74 bits per heavy atom. The number of methoxy groups -OCH3 is 1. The van der Waals surface area contributed by atoms with E-state index in [2.05, 4.69) is 12.2 Å². The monoisotopic (exact) mass is 269 g/mol. The minimum atomic E-state index is -0.883. The van der Waals surface area contributed by atoms with Crippen LogP contribution in [0.25, 0.3) is 0 Å². The standard InChI is InChI=1S/C14H23NO4/c1-3-6-15-8-11-4-5-13(18-2)14(7-11)19-10-12(17)9-16/h4-5,7,12,15-17H,3,6,8-10H2,1-2H3. The van der Waals surface area contributed by atoms with E-state index in [1.165, 1.54) is 0 Å². The molecule has 3 N–H and O–H groups in total. The maximum Gasteiger partial charge on any atom is 0.161 e. The Balaban J connectivity index is 2.66. The Kier molecular flexibility index (Phi) is 7.25. The summed E-state index contributed by atoms with van der Waals surface area (Å²) in [6.45, 7) is 3.56. The van der Waals surface area contributed by atoms with Crippen LogP contribution >= 0.6 is 0 Å². The Labute approximate surface area is 114 Å². The summed E-state index contributed by atoms with van der Waals surface area (Å²) in [5.74, 6) is 1.19. The van der Waals surface area contributed by atoms with Crippen LogP contribution in [0, 0.1) is 0 Å². The average Bonchev–Trinajstić information content (AvgIpc) is 2.45. The Bertz CT molecular complexity index is 370. The highest BCUT2D eigenvalue weighted by Crippen LogP contribution is 2.28. The Morgan fingerprint density at radius 2 is 2.11 bits per heavy atom. The van der Waals surface area contributed by atoms with Crippen molar-refractivity contribution >= 4 is 0 Å². The second-order valence-corrected chi connectivity index (χ2v) is 4.31. The van der Waals surface area contributed by atoms with Gasteiger partial charge in [-0.3, -0.25) is 0 Å². The van der Waals surface area contributed by atoms with Crippen LogP contribution in [0.5, 0.6) is 11.5 Å². The van der Waals surface area contributed by atoms with Gasteiger partial charge in [0.05, 0.1) is 13.7 Å². The van der Waals surface area contributed by atoms with Gasteiger partial charge in [-0.1, -0.05) is 13.0 Å². The van der Waals surface area contributed by atoms with Gasteiger partial charge in [-0.25, -0.2) is 0 Å². The molecule has 0 aliphatic carbocycles. The SMILES string of the molecule is CCCNCc1ccc(OC)c(OCC(O)CO)c1. The zero-order valence-corrected chi connectivity index (χ0v) is 11.6. The number of hydrogen-bond acceptors (Lipinski definition) is 5. The van der Waals surface area contributed by atoms with Crippen LogP contribution in [0.2, 0.25) is 0 Å². The molecule has 0 fully saturated rings. The molecule has 0 bridgehead atoms. The maximum absolute atomic E-state index is 9.30. The molecule has 0 aromatic heterocycles. The highest BCUT2D eigenvalue weighted by molar-refractivity contribution is 5.43. The van der Waals surface area contributed by atoms with E-state index >= 15 is 0 Å². The fourth-order valence-corrected chi connectivity index (χ4v) is 1.59. The molecule has 0 aliphatic rings. The number of ether oxygens (including phenoxy) is 2. The molecule has 0 amide bonds. The van der Waals surface area contributed by atoms with E-state index in [0.29, 0.717) is 11.5 Å². The molecule has 1 unspecified atom stereocenters. The van der Waals surface area contributed by atoms with Crippen molar-refractivity contribution in [2.75, 3.05) is 26.9 Å². The zero-order chi connectivity index (χ0) is 14.1. The molecule has 5 heteroatoms. The first-order chi connectivity index (χ1) is 9.21. The molecular weight excluding hydrogens is 246 g/mol. The van der Waals surface area contributed by atoms with Crippen molar-refractivity contribution in [3.8, 4) is 11.5 Å². The zero-order valence-electron chi connectivity index (χ0n) is 11.6. The van der Waals surface area contributed by atoms with Crippen LogP contribution in [0.15, 0.2) is 18.2 Å². The summed E-state index contributed by atoms with van der Waals surface area (Å²) >= 11 is 0. The minimum Gasteiger partial charge on any atom is -0.493 e. The summed E-state index contributed by atoms with van der Waals surface area (Å²) in [5.41, 5.74) is 1.09. The summed E-state index contributed by atoms with van der Waals surface area (Å²) in [5, 5.41) is 21.4. The fraction of sp³-hybridized carbons (Fsp3) is 0.571. The predicted octanol–water partition coefficient (Wildman–Crippen LogP) is 0.927. The van der Waals surface area contributed by atoms with Gasteiger partial charge in [-0.05, 0) is 30.7 Å².